The number of halogens is 3. The van der Waals surface area contributed by atoms with E-state index in [4.69, 9.17) is 34.8 Å². The molecule has 3 rings (SSSR count). The molecule has 0 radical (unpaired) electrons. The van der Waals surface area contributed by atoms with Gasteiger partial charge in [-0.2, -0.15) is 5.26 Å². The van der Waals surface area contributed by atoms with Gasteiger partial charge in [0.2, 0.25) is 0 Å². The van der Waals surface area contributed by atoms with E-state index in [1.165, 1.54) is 29.4 Å². The number of rotatable bonds is 6. The van der Waals surface area contributed by atoms with Crippen LogP contribution in [0.5, 0.6) is 0 Å². The highest BCUT2D eigenvalue weighted by atomic mass is 35.5. The highest BCUT2D eigenvalue weighted by molar-refractivity contribution is 6.36. The maximum atomic E-state index is 13.5. The number of anilines is 3. The summed E-state index contributed by atoms with van der Waals surface area (Å²) in [6.45, 7) is 0.324. The molecule has 1 heterocycles. The van der Waals surface area contributed by atoms with E-state index in [0.717, 1.165) is 0 Å². The zero-order valence-corrected chi connectivity index (χ0v) is 17.4. The minimum Gasteiger partial charge on any atom is -0.399 e. The van der Waals surface area contributed by atoms with Crippen molar-refractivity contribution in [1.29, 1.82) is 5.26 Å². The van der Waals surface area contributed by atoms with E-state index in [1.54, 1.807) is 25.4 Å². The summed E-state index contributed by atoms with van der Waals surface area (Å²) in [6.07, 6.45) is 3.00. The number of aromatic nitrogens is 1. The van der Waals surface area contributed by atoms with Crippen molar-refractivity contribution in [2.24, 2.45) is 11.6 Å². The van der Waals surface area contributed by atoms with Gasteiger partial charge in [-0.1, -0.05) is 23.2 Å². The van der Waals surface area contributed by atoms with Crippen molar-refractivity contribution in [3.63, 3.8) is 0 Å². The molecule has 0 fully saturated rings. The van der Waals surface area contributed by atoms with Crippen molar-refractivity contribution in [2.45, 2.75) is 0 Å². The van der Waals surface area contributed by atoms with Gasteiger partial charge in [0.05, 0.1) is 33.4 Å². The van der Waals surface area contributed by atoms with E-state index in [9.17, 15) is 9.65 Å². The smallest absolute Gasteiger partial charge is 0.141 e. The van der Waals surface area contributed by atoms with Gasteiger partial charge in [-0.25, -0.2) is 10.2 Å². The molecule has 6 N–H and O–H groups in total. The topological polar surface area (TPSA) is 116 Å². The fourth-order valence-corrected chi connectivity index (χ4v) is 3.26. The Hall–Kier alpha value is -3.25. The molecule has 7 nitrogen and oxygen atoms in total. The number of nitrogens with one attached hydrogen (secondary N) is 2. The SMILES string of the molecule is CN(N)/C=C(\N)CNc1cc(Cl)c2ncc(C#N)c(Nc3ccc(F)c(Cl)c3)c2c1. The van der Waals surface area contributed by atoms with E-state index in [2.05, 4.69) is 21.7 Å². The number of pyridine rings is 1. The predicted molar refractivity (Wildman–Crippen MR) is 119 cm³/mol. The van der Waals surface area contributed by atoms with Gasteiger partial charge >= 0.3 is 0 Å². The Labute approximate surface area is 182 Å². The first kappa shape index (κ1) is 21.5. The first-order chi connectivity index (χ1) is 14.3. The molecule has 0 spiro atoms. The zero-order valence-electron chi connectivity index (χ0n) is 15.9. The van der Waals surface area contributed by atoms with Gasteiger partial charge < -0.3 is 21.4 Å². The normalized spacial score (nSPS) is 11.3. The molecule has 0 unspecified atom stereocenters. The third-order valence-electron chi connectivity index (χ3n) is 4.10. The summed E-state index contributed by atoms with van der Waals surface area (Å²) in [5.41, 5.74) is 8.87. The molecule has 0 aliphatic carbocycles. The van der Waals surface area contributed by atoms with Crippen LogP contribution in [0.1, 0.15) is 5.56 Å². The Morgan fingerprint density at radius 2 is 2.00 bits per heavy atom. The van der Waals surface area contributed by atoms with Crippen molar-refractivity contribution >= 4 is 51.2 Å². The Balaban J connectivity index is 2.05. The molecule has 0 aliphatic rings. The Morgan fingerprint density at radius 3 is 2.67 bits per heavy atom. The number of nitrogens with zero attached hydrogens (tertiary/aromatic N) is 3. The van der Waals surface area contributed by atoms with Gasteiger partial charge in [-0.15, -0.1) is 0 Å². The van der Waals surface area contributed by atoms with Crippen molar-refractivity contribution in [3.05, 3.63) is 69.9 Å². The summed E-state index contributed by atoms with van der Waals surface area (Å²) in [6, 6.07) is 9.80. The van der Waals surface area contributed by atoms with Crippen LogP contribution in [-0.2, 0) is 0 Å². The lowest BCUT2D eigenvalue weighted by Crippen LogP contribution is -2.23. The van der Waals surface area contributed by atoms with Crippen molar-refractivity contribution in [3.8, 4) is 6.07 Å². The third-order valence-corrected chi connectivity index (χ3v) is 4.68. The van der Waals surface area contributed by atoms with Crippen LogP contribution in [0.2, 0.25) is 10.0 Å². The van der Waals surface area contributed by atoms with Crippen LogP contribution in [0.4, 0.5) is 21.5 Å². The molecule has 0 amide bonds. The lowest BCUT2D eigenvalue weighted by Gasteiger charge is -2.15. The van der Waals surface area contributed by atoms with Crippen molar-refractivity contribution < 1.29 is 4.39 Å². The first-order valence-corrected chi connectivity index (χ1v) is 9.46. The maximum absolute atomic E-state index is 13.5. The second-order valence-corrected chi connectivity index (χ2v) is 7.30. The molecule has 30 heavy (non-hydrogen) atoms. The van der Waals surface area contributed by atoms with E-state index in [1.807, 2.05) is 0 Å². The summed E-state index contributed by atoms with van der Waals surface area (Å²) in [4.78, 5) is 4.29. The third kappa shape index (κ3) is 4.83. The van der Waals surface area contributed by atoms with Crippen LogP contribution in [0, 0.1) is 17.1 Å². The number of hydrogen-bond donors (Lipinski definition) is 4. The largest absolute Gasteiger partial charge is 0.399 e. The zero-order chi connectivity index (χ0) is 21.8. The second kappa shape index (κ2) is 9.05. The Bertz CT molecular complexity index is 1170. The monoisotopic (exact) mass is 445 g/mol. The second-order valence-electron chi connectivity index (χ2n) is 6.49. The lowest BCUT2D eigenvalue weighted by molar-refractivity contribution is 0.479. The van der Waals surface area contributed by atoms with Crippen LogP contribution in [0.25, 0.3) is 10.9 Å². The van der Waals surface area contributed by atoms with Gasteiger partial charge in [0.1, 0.15) is 11.9 Å². The summed E-state index contributed by atoms with van der Waals surface area (Å²) in [5, 5.41) is 18.1. The van der Waals surface area contributed by atoms with E-state index in [0.29, 0.717) is 50.8 Å². The van der Waals surface area contributed by atoms with Crippen molar-refractivity contribution in [2.75, 3.05) is 24.2 Å². The fourth-order valence-electron chi connectivity index (χ4n) is 2.81. The molecule has 154 valence electrons. The number of hydrazine groups is 1. The van der Waals surface area contributed by atoms with E-state index < -0.39 is 5.82 Å². The minimum atomic E-state index is -0.536. The Kier molecular flexibility index (Phi) is 6.47. The van der Waals surface area contributed by atoms with Gasteiger partial charge in [0.15, 0.2) is 0 Å². The molecule has 0 saturated carbocycles. The molecule has 0 atom stereocenters. The maximum Gasteiger partial charge on any atom is 0.141 e. The molecule has 3 aromatic rings. The van der Waals surface area contributed by atoms with Gasteiger partial charge in [0, 0.05) is 41.9 Å². The summed E-state index contributed by atoms with van der Waals surface area (Å²) >= 11 is 12.3. The molecular weight excluding hydrogens is 428 g/mol. The number of fused-ring (bicyclic) bond motifs is 1. The highest BCUT2D eigenvalue weighted by Crippen LogP contribution is 2.35. The average Bonchev–Trinajstić information content (AvgIpc) is 2.69. The molecule has 1 aromatic heterocycles. The predicted octanol–water partition coefficient (Wildman–Crippen LogP) is 4.31. The van der Waals surface area contributed by atoms with Crippen LogP contribution in [-0.4, -0.2) is 23.6 Å². The van der Waals surface area contributed by atoms with Crippen LogP contribution >= 0.6 is 23.2 Å². The quantitative estimate of drug-likeness (QED) is 0.329. The molecular formula is C20H18Cl2FN7. The number of nitriles is 1. The van der Waals surface area contributed by atoms with E-state index in [-0.39, 0.29) is 5.02 Å². The highest BCUT2D eigenvalue weighted by Gasteiger charge is 2.14. The minimum absolute atomic E-state index is 0.0376. The number of benzene rings is 2. The Morgan fingerprint density at radius 1 is 1.27 bits per heavy atom. The lowest BCUT2D eigenvalue weighted by atomic mass is 10.1. The number of nitrogens with two attached hydrogens (primary N) is 2. The van der Waals surface area contributed by atoms with Gasteiger partial charge in [-0.05, 0) is 30.3 Å². The molecule has 0 aliphatic heterocycles. The van der Waals surface area contributed by atoms with Crippen molar-refractivity contribution in [1.82, 2.24) is 9.99 Å². The van der Waals surface area contributed by atoms with Crippen LogP contribution in [0.3, 0.4) is 0 Å². The summed E-state index contributed by atoms with van der Waals surface area (Å²) in [7, 11) is 1.66. The summed E-state index contributed by atoms with van der Waals surface area (Å²) < 4.78 is 13.5. The van der Waals surface area contributed by atoms with E-state index >= 15 is 0 Å². The standard InChI is InChI=1S/C20H18Cl2FN7/c1-30(26)10-12(25)9-27-14-4-15-19(29-13-2-3-18(23)16(21)5-13)11(7-24)8-28-20(15)17(22)6-14/h2-6,8,10,27H,9,25-26H2,1H3,(H,28,29)/b12-10-. The van der Waals surface area contributed by atoms with Gasteiger partial charge in [-0.3, -0.25) is 4.98 Å². The first-order valence-electron chi connectivity index (χ1n) is 8.70. The van der Waals surface area contributed by atoms with Gasteiger partial charge in [0.25, 0.3) is 0 Å². The summed E-state index contributed by atoms with van der Waals surface area (Å²) in [5.74, 6) is 5.02. The van der Waals surface area contributed by atoms with Crippen LogP contribution in [0.15, 0.2) is 48.4 Å². The molecule has 0 saturated heterocycles. The average molecular weight is 446 g/mol. The molecule has 0 bridgehead atoms. The van der Waals surface area contributed by atoms with Crippen LogP contribution < -0.4 is 22.2 Å². The fraction of sp³-hybridized carbons (Fsp3) is 0.100. The molecule has 2 aromatic carbocycles. The molecule has 10 heteroatoms. The number of hydrogen-bond acceptors (Lipinski definition) is 7.